The molecule has 24 heavy (non-hydrogen) atoms. The molecule has 0 amide bonds. The molecule has 118 valence electrons. The van der Waals surface area contributed by atoms with Gasteiger partial charge in [-0.3, -0.25) is 0 Å². The molecule has 6 heteroatoms. The maximum Gasteiger partial charge on any atom is 0.488 e. The predicted molar refractivity (Wildman–Crippen MR) is 101 cm³/mol. The molecule has 0 aliphatic rings. The highest BCUT2D eigenvalue weighted by atomic mass is 16.4. The van der Waals surface area contributed by atoms with Crippen molar-refractivity contribution in [2.45, 2.75) is 0 Å². The summed E-state index contributed by atoms with van der Waals surface area (Å²) in [5, 5.41) is 41.2. The van der Waals surface area contributed by atoms with Gasteiger partial charge in [0.1, 0.15) is 0 Å². The Labute approximate surface area is 140 Å². The summed E-state index contributed by atoms with van der Waals surface area (Å²) < 4.78 is 0. The first kappa shape index (κ1) is 16.5. The number of benzene rings is 3. The first-order chi connectivity index (χ1) is 11.5. The van der Waals surface area contributed by atoms with Crippen molar-refractivity contribution in [2.24, 2.45) is 0 Å². The summed E-state index contributed by atoms with van der Waals surface area (Å²) in [5.41, 5.74) is 2.51. The normalized spacial score (nSPS) is 10.8. The minimum atomic E-state index is -1.58. The Bertz CT molecular complexity index is 886. The van der Waals surface area contributed by atoms with Gasteiger partial charge in [0.15, 0.2) is 0 Å². The van der Waals surface area contributed by atoms with E-state index < -0.39 is 14.2 Å². The molecule has 0 saturated carbocycles. The number of hydrogen-bond acceptors (Lipinski definition) is 4. The van der Waals surface area contributed by atoms with Gasteiger partial charge >= 0.3 is 14.2 Å². The van der Waals surface area contributed by atoms with Gasteiger partial charge in [0.05, 0.1) is 0 Å². The molecule has 3 rings (SSSR count). The second-order valence-electron chi connectivity index (χ2n) is 5.59. The van der Waals surface area contributed by atoms with Crippen LogP contribution in [0.2, 0.25) is 0 Å². The van der Waals surface area contributed by atoms with Crippen molar-refractivity contribution >= 4 is 58.9 Å². The van der Waals surface area contributed by atoms with Crippen molar-refractivity contribution in [1.82, 2.24) is 0 Å². The molecule has 0 spiro atoms. The van der Waals surface area contributed by atoms with Crippen LogP contribution in [-0.4, -0.2) is 34.3 Å². The molecule has 0 fully saturated rings. The number of rotatable bonds is 4. The highest BCUT2D eigenvalue weighted by Gasteiger charge is 2.18. The topological polar surface area (TPSA) is 80.9 Å². The van der Waals surface area contributed by atoms with Gasteiger partial charge in [-0.25, -0.2) is 0 Å². The first-order valence-corrected chi connectivity index (χ1v) is 7.48. The lowest BCUT2D eigenvalue weighted by molar-refractivity contribution is 0.424. The molecule has 3 aromatic carbocycles. The first-order valence-electron chi connectivity index (χ1n) is 7.48. The summed E-state index contributed by atoms with van der Waals surface area (Å²) in [6.45, 7) is 7.75. The van der Waals surface area contributed by atoms with Crippen LogP contribution in [0.15, 0.2) is 49.6 Å². The molecule has 0 aliphatic carbocycles. The zero-order chi connectivity index (χ0) is 17.4. The van der Waals surface area contributed by atoms with E-state index in [-0.39, 0.29) is 0 Å². The molecule has 0 bridgehead atoms. The van der Waals surface area contributed by atoms with Crippen molar-refractivity contribution in [3.63, 3.8) is 0 Å². The molecule has 3 aromatic rings. The second-order valence-corrected chi connectivity index (χ2v) is 5.59. The van der Waals surface area contributed by atoms with Gasteiger partial charge < -0.3 is 20.1 Å². The van der Waals surface area contributed by atoms with Crippen LogP contribution in [0, 0.1) is 0 Å². The zero-order valence-corrected chi connectivity index (χ0v) is 13.0. The molecule has 0 saturated heterocycles. The van der Waals surface area contributed by atoms with E-state index in [4.69, 9.17) is 0 Å². The summed E-state index contributed by atoms with van der Waals surface area (Å²) in [7, 11) is -3.16. The average molecular weight is 318 g/mol. The Hall–Kier alpha value is -2.37. The number of hydrogen-bond donors (Lipinski definition) is 4. The Kier molecular flexibility index (Phi) is 4.30. The van der Waals surface area contributed by atoms with Crippen LogP contribution >= 0.6 is 0 Å². The van der Waals surface area contributed by atoms with E-state index in [2.05, 4.69) is 13.2 Å². The lowest BCUT2D eigenvalue weighted by Crippen LogP contribution is -2.30. The lowest BCUT2D eigenvalue weighted by atomic mass is 9.76. The maximum absolute atomic E-state index is 9.46. The van der Waals surface area contributed by atoms with E-state index in [0.717, 1.165) is 32.7 Å². The molecule has 0 radical (unpaired) electrons. The Morgan fingerprint density at radius 2 is 1.00 bits per heavy atom. The van der Waals surface area contributed by atoms with E-state index in [1.54, 1.807) is 48.6 Å². The average Bonchev–Trinajstić information content (AvgIpc) is 2.59. The van der Waals surface area contributed by atoms with Crippen LogP contribution in [0.1, 0.15) is 11.1 Å². The second kappa shape index (κ2) is 6.26. The van der Waals surface area contributed by atoms with Gasteiger partial charge in [0.25, 0.3) is 0 Å². The molecular weight excluding hydrogens is 302 g/mol. The maximum atomic E-state index is 9.46. The molecule has 0 aromatic heterocycles. The van der Waals surface area contributed by atoms with Crippen LogP contribution in [0.3, 0.4) is 0 Å². The van der Waals surface area contributed by atoms with E-state index in [0.29, 0.717) is 10.9 Å². The summed E-state index contributed by atoms with van der Waals surface area (Å²) in [5.74, 6) is 0. The van der Waals surface area contributed by atoms with Crippen LogP contribution < -0.4 is 10.9 Å². The molecule has 0 heterocycles. The van der Waals surface area contributed by atoms with Crippen LogP contribution in [0.5, 0.6) is 0 Å². The van der Waals surface area contributed by atoms with Gasteiger partial charge in [-0.05, 0) is 43.6 Å². The molecular formula is C18H16B2O4. The highest BCUT2D eigenvalue weighted by molar-refractivity contribution is 6.59. The zero-order valence-electron chi connectivity index (χ0n) is 13.0. The summed E-state index contributed by atoms with van der Waals surface area (Å²) >= 11 is 0. The van der Waals surface area contributed by atoms with Gasteiger partial charge in [0, 0.05) is 0 Å². The fourth-order valence-corrected chi connectivity index (χ4v) is 3.09. The van der Waals surface area contributed by atoms with E-state index in [1.807, 2.05) is 0 Å². The van der Waals surface area contributed by atoms with Crippen molar-refractivity contribution in [3.8, 4) is 0 Å². The SMILES string of the molecule is C=Cc1c(C=C)c2ccc(B(O)O)cc2c2cc(B(O)O)ccc12. The molecule has 4 nitrogen and oxygen atoms in total. The lowest BCUT2D eigenvalue weighted by Gasteiger charge is -2.15. The monoisotopic (exact) mass is 318 g/mol. The van der Waals surface area contributed by atoms with E-state index >= 15 is 0 Å². The Morgan fingerprint density at radius 3 is 1.29 bits per heavy atom. The summed E-state index contributed by atoms with van der Waals surface area (Å²) in [6, 6.07) is 10.3. The van der Waals surface area contributed by atoms with Crippen molar-refractivity contribution < 1.29 is 20.1 Å². The fraction of sp³-hybridized carbons (Fsp3) is 0. The molecule has 4 N–H and O–H groups in total. The standard InChI is InChI=1S/C18H16B2O4/c1-3-13-14(4-2)16-8-6-12(20(23)24)10-18(16)17-9-11(19(21)22)5-7-15(13)17/h3-10,21-24H,1-2H2. The van der Waals surface area contributed by atoms with Gasteiger partial charge in [-0.2, -0.15) is 0 Å². The minimum absolute atomic E-state index is 0.361. The highest BCUT2D eigenvalue weighted by Crippen LogP contribution is 2.33. The third-order valence-corrected chi connectivity index (χ3v) is 4.25. The van der Waals surface area contributed by atoms with Crippen molar-refractivity contribution in [2.75, 3.05) is 0 Å². The van der Waals surface area contributed by atoms with E-state index in [9.17, 15) is 20.1 Å². The fourth-order valence-electron chi connectivity index (χ4n) is 3.09. The van der Waals surface area contributed by atoms with E-state index in [1.165, 1.54) is 0 Å². The third-order valence-electron chi connectivity index (χ3n) is 4.25. The molecule has 0 unspecified atom stereocenters. The predicted octanol–water partition coefficient (Wildman–Crippen LogP) is 0.639. The quantitative estimate of drug-likeness (QED) is 0.420. The van der Waals surface area contributed by atoms with Crippen molar-refractivity contribution in [1.29, 1.82) is 0 Å². The third kappa shape index (κ3) is 2.56. The Balaban J connectivity index is 2.55. The Morgan fingerprint density at radius 1 is 0.625 bits per heavy atom. The minimum Gasteiger partial charge on any atom is -0.423 e. The van der Waals surface area contributed by atoms with Crippen LogP contribution in [-0.2, 0) is 0 Å². The smallest absolute Gasteiger partial charge is 0.423 e. The summed E-state index contributed by atoms with van der Waals surface area (Å²) in [4.78, 5) is 0. The molecule has 0 aliphatic heterocycles. The largest absolute Gasteiger partial charge is 0.488 e. The van der Waals surface area contributed by atoms with Crippen LogP contribution in [0.25, 0.3) is 33.7 Å². The summed E-state index contributed by atoms with van der Waals surface area (Å²) in [6.07, 6.45) is 3.48. The number of fused-ring (bicyclic) bond motifs is 3. The van der Waals surface area contributed by atoms with Gasteiger partial charge in [-0.1, -0.05) is 61.7 Å². The van der Waals surface area contributed by atoms with Crippen LogP contribution in [0.4, 0.5) is 0 Å². The van der Waals surface area contributed by atoms with Crippen molar-refractivity contribution in [3.05, 3.63) is 60.7 Å². The van der Waals surface area contributed by atoms with Gasteiger partial charge in [0.2, 0.25) is 0 Å². The molecule has 0 atom stereocenters. The van der Waals surface area contributed by atoms with Gasteiger partial charge in [-0.15, -0.1) is 0 Å².